The predicted molar refractivity (Wildman–Crippen MR) is 64.8 cm³/mol. The van der Waals surface area contributed by atoms with Gasteiger partial charge in [0.05, 0.1) is 0 Å². The Bertz CT molecular complexity index is 487. The molecule has 0 aromatic heterocycles. The Morgan fingerprint density at radius 3 is 2.50 bits per heavy atom. The number of carbonyl (C=O) groups excluding carboxylic acids is 3. The Labute approximate surface area is 104 Å². The Balaban J connectivity index is 1.96. The number of hydrogen-bond acceptors (Lipinski definition) is 3. The van der Waals surface area contributed by atoms with E-state index >= 15 is 0 Å². The number of carbonyl (C=O) groups is 3. The fourth-order valence-electron chi connectivity index (χ4n) is 1.69. The van der Waals surface area contributed by atoms with E-state index in [9.17, 15) is 14.4 Å². The van der Waals surface area contributed by atoms with Crippen LogP contribution in [0.2, 0.25) is 0 Å². The van der Waals surface area contributed by atoms with Gasteiger partial charge in [-0.1, -0.05) is 18.2 Å². The topological polar surface area (TPSA) is 69.7 Å². The molecule has 4 amide bonds. The van der Waals surface area contributed by atoms with Gasteiger partial charge in [-0.15, -0.1) is 0 Å². The van der Waals surface area contributed by atoms with Gasteiger partial charge in [0, 0.05) is 12.7 Å². The van der Waals surface area contributed by atoms with Gasteiger partial charge in [0.15, 0.2) is 0 Å². The quantitative estimate of drug-likeness (QED) is 0.791. The van der Waals surface area contributed by atoms with Crippen molar-refractivity contribution in [3.63, 3.8) is 0 Å². The van der Waals surface area contributed by atoms with E-state index in [1.165, 1.54) is 11.9 Å². The van der Waals surface area contributed by atoms with Gasteiger partial charge in [-0.25, -0.2) is 4.79 Å². The third-order valence-corrected chi connectivity index (χ3v) is 2.59. The first kappa shape index (κ1) is 12.1. The van der Waals surface area contributed by atoms with Crippen molar-refractivity contribution in [2.45, 2.75) is 0 Å². The van der Waals surface area contributed by atoms with Crippen LogP contribution in [-0.2, 0) is 9.59 Å². The first-order valence-corrected chi connectivity index (χ1v) is 5.48. The molecule has 1 fully saturated rings. The van der Waals surface area contributed by atoms with Crippen molar-refractivity contribution >= 4 is 23.5 Å². The van der Waals surface area contributed by atoms with Gasteiger partial charge in [0.1, 0.15) is 13.1 Å². The summed E-state index contributed by atoms with van der Waals surface area (Å²) >= 11 is 0. The summed E-state index contributed by atoms with van der Waals surface area (Å²) < 4.78 is 0. The van der Waals surface area contributed by atoms with E-state index in [1.54, 1.807) is 24.3 Å². The number of para-hydroxylation sites is 1. The maximum atomic E-state index is 11.7. The molecule has 1 saturated heterocycles. The summed E-state index contributed by atoms with van der Waals surface area (Å²) in [5.41, 5.74) is 0.634. The molecule has 94 valence electrons. The molecule has 0 bridgehead atoms. The van der Waals surface area contributed by atoms with Crippen LogP contribution < -0.4 is 5.32 Å². The zero-order chi connectivity index (χ0) is 13.1. The lowest BCUT2D eigenvalue weighted by molar-refractivity contribution is -0.129. The summed E-state index contributed by atoms with van der Waals surface area (Å²) in [6.07, 6.45) is 0. The molecule has 1 N–H and O–H groups in total. The van der Waals surface area contributed by atoms with Crippen molar-refractivity contribution in [2.24, 2.45) is 0 Å². The minimum absolute atomic E-state index is 0.0252. The fourth-order valence-corrected chi connectivity index (χ4v) is 1.69. The molecule has 0 atom stereocenters. The van der Waals surface area contributed by atoms with Gasteiger partial charge >= 0.3 is 6.03 Å². The Morgan fingerprint density at radius 2 is 1.94 bits per heavy atom. The molecule has 0 unspecified atom stereocenters. The molecule has 1 aromatic carbocycles. The third-order valence-electron chi connectivity index (χ3n) is 2.59. The van der Waals surface area contributed by atoms with Crippen LogP contribution in [0.5, 0.6) is 0 Å². The molecule has 0 spiro atoms. The van der Waals surface area contributed by atoms with E-state index in [2.05, 4.69) is 5.32 Å². The lowest BCUT2D eigenvalue weighted by Gasteiger charge is -2.13. The van der Waals surface area contributed by atoms with Crippen LogP contribution >= 0.6 is 0 Å². The maximum absolute atomic E-state index is 11.7. The molecule has 6 nitrogen and oxygen atoms in total. The van der Waals surface area contributed by atoms with Crippen LogP contribution in [0.15, 0.2) is 30.3 Å². The minimum Gasteiger partial charge on any atom is -0.325 e. The molecule has 1 aliphatic heterocycles. The van der Waals surface area contributed by atoms with Crippen LogP contribution in [0.4, 0.5) is 10.5 Å². The normalized spacial score (nSPS) is 15.2. The highest BCUT2D eigenvalue weighted by Crippen LogP contribution is 2.09. The number of imide groups is 1. The smallest absolute Gasteiger partial charge is 0.325 e. The summed E-state index contributed by atoms with van der Waals surface area (Å²) in [6, 6.07) is 8.43. The standard InChI is InChI=1S/C12H13N3O3/c1-14-8-11(17)15(12(14)18)7-10(16)13-9-5-3-2-4-6-9/h2-6H,7-8H2,1H3,(H,13,16). The zero-order valence-corrected chi connectivity index (χ0v) is 9.92. The summed E-state index contributed by atoms with van der Waals surface area (Å²) in [5, 5.41) is 2.62. The van der Waals surface area contributed by atoms with Crippen LogP contribution in [-0.4, -0.2) is 47.8 Å². The number of nitrogens with one attached hydrogen (secondary N) is 1. The van der Waals surface area contributed by atoms with E-state index < -0.39 is 11.9 Å². The highest BCUT2D eigenvalue weighted by Gasteiger charge is 2.34. The van der Waals surface area contributed by atoms with Gasteiger partial charge < -0.3 is 10.2 Å². The van der Waals surface area contributed by atoms with E-state index in [0.29, 0.717) is 5.69 Å². The maximum Gasteiger partial charge on any atom is 0.327 e. The van der Waals surface area contributed by atoms with Crippen LogP contribution in [0.3, 0.4) is 0 Å². The van der Waals surface area contributed by atoms with Gasteiger partial charge in [-0.2, -0.15) is 0 Å². The van der Waals surface area contributed by atoms with Crippen LogP contribution in [0.1, 0.15) is 0 Å². The molecular weight excluding hydrogens is 234 g/mol. The Morgan fingerprint density at radius 1 is 1.28 bits per heavy atom. The molecule has 0 radical (unpaired) electrons. The molecule has 1 heterocycles. The van der Waals surface area contributed by atoms with Crippen molar-refractivity contribution in [3.8, 4) is 0 Å². The number of anilines is 1. The first-order chi connectivity index (χ1) is 8.58. The SMILES string of the molecule is CN1CC(=O)N(CC(=O)Nc2ccccc2)C1=O. The average molecular weight is 247 g/mol. The van der Waals surface area contributed by atoms with E-state index in [-0.39, 0.29) is 19.0 Å². The van der Waals surface area contributed by atoms with Gasteiger partial charge in [-0.05, 0) is 12.1 Å². The van der Waals surface area contributed by atoms with Crippen molar-refractivity contribution < 1.29 is 14.4 Å². The van der Waals surface area contributed by atoms with Gasteiger partial charge in [0.25, 0.3) is 5.91 Å². The van der Waals surface area contributed by atoms with Crippen molar-refractivity contribution in [1.82, 2.24) is 9.80 Å². The Hall–Kier alpha value is -2.37. The average Bonchev–Trinajstić information content (AvgIpc) is 2.57. The zero-order valence-electron chi connectivity index (χ0n) is 9.92. The van der Waals surface area contributed by atoms with Crippen molar-refractivity contribution in [3.05, 3.63) is 30.3 Å². The Kier molecular flexibility index (Phi) is 3.27. The summed E-state index contributed by atoms with van der Waals surface area (Å²) in [5.74, 6) is -0.746. The molecule has 6 heteroatoms. The van der Waals surface area contributed by atoms with Crippen molar-refractivity contribution in [2.75, 3.05) is 25.5 Å². The van der Waals surface area contributed by atoms with Crippen LogP contribution in [0, 0.1) is 0 Å². The number of urea groups is 1. The lowest BCUT2D eigenvalue weighted by atomic mass is 10.3. The van der Waals surface area contributed by atoms with Crippen molar-refractivity contribution in [1.29, 1.82) is 0 Å². The molecular formula is C12H13N3O3. The minimum atomic E-state index is -0.441. The fraction of sp³-hybridized carbons (Fsp3) is 0.250. The highest BCUT2D eigenvalue weighted by atomic mass is 16.2. The number of amides is 4. The van der Waals surface area contributed by atoms with Gasteiger partial charge in [0.2, 0.25) is 5.91 Å². The monoisotopic (exact) mass is 247 g/mol. The number of benzene rings is 1. The molecule has 1 aromatic rings. The van der Waals surface area contributed by atoms with Crippen LogP contribution in [0.25, 0.3) is 0 Å². The first-order valence-electron chi connectivity index (χ1n) is 5.48. The van der Waals surface area contributed by atoms with E-state index in [0.717, 1.165) is 4.90 Å². The molecule has 0 saturated carbocycles. The second-order valence-corrected chi connectivity index (χ2v) is 4.03. The third kappa shape index (κ3) is 2.48. The highest BCUT2D eigenvalue weighted by molar-refractivity contribution is 6.06. The van der Waals surface area contributed by atoms with E-state index in [4.69, 9.17) is 0 Å². The van der Waals surface area contributed by atoms with Gasteiger partial charge in [-0.3, -0.25) is 14.5 Å². The molecule has 2 rings (SSSR count). The predicted octanol–water partition coefficient (Wildman–Crippen LogP) is 0.519. The number of rotatable bonds is 3. The number of nitrogens with zero attached hydrogens (tertiary/aromatic N) is 2. The van der Waals surface area contributed by atoms with E-state index in [1.807, 2.05) is 6.07 Å². The second-order valence-electron chi connectivity index (χ2n) is 4.03. The summed E-state index contributed by atoms with van der Waals surface area (Å²) in [7, 11) is 1.52. The largest absolute Gasteiger partial charge is 0.327 e. The summed E-state index contributed by atoms with van der Waals surface area (Å²) in [4.78, 5) is 36.9. The summed E-state index contributed by atoms with van der Waals surface area (Å²) in [6.45, 7) is -0.228. The molecule has 0 aliphatic carbocycles. The second kappa shape index (κ2) is 4.87. The number of likely N-dealkylation sites (N-methyl/N-ethyl adjacent to an activating group) is 1. The molecule has 18 heavy (non-hydrogen) atoms. The molecule has 1 aliphatic rings. The number of hydrogen-bond donors (Lipinski definition) is 1. The lowest BCUT2D eigenvalue weighted by Crippen LogP contribution is -2.38.